The minimum absolute atomic E-state index is 0.0711. The molecule has 2 atom stereocenters. The molecule has 2 unspecified atom stereocenters. The van der Waals surface area contributed by atoms with Gasteiger partial charge in [-0.3, -0.25) is 0 Å². The third-order valence-electron chi connectivity index (χ3n) is 6.41. The molecule has 0 aliphatic heterocycles. The molecule has 2 aromatic carbocycles. The largest absolute Gasteiger partial charge is 0.496 e. The zero-order valence-electron chi connectivity index (χ0n) is 19.0. The number of fused-ring (bicyclic) bond motifs is 1. The van der Waals surface area contributed by atoms with E-state index in [-0.39, 0.29) is 11.3 Å². The van der Waals surface area contributed by atoms with Crippen LogP contribution in [0.1, 0.15) is 43.5 Å². The summed E-state index contributed by atoms with van der Waals surface area (Å²) in [5.74, 6) is 0.477. The molecule has 3 aromatic rings. The van der Waals surface area contributed by atoms with Crippen LogP contribution < -0.4 is 4.74 Å². The van der Waals surface area contributed by atoms with Gasteiger partial charge >= 0.3 is 6.18 Å². The van der Waals surface area contributed by atoms with Gasteiger partial charge in [0.05, 0.1) is 12.7 Å². The molecule has 0 radical (unpaired) electrons. The zero-order chi connectivity index (χ0) is 24.4. The van der Waals surface area contributed by atoms with Crippen molar-refractivity contribution in [1.82, 2.24) is 4.98 Å². The zero-order valence-corrected chi connectivity index (χ0v) is 19.8. The summed E-state index contributed by atoms with van der Waals surface area (Å²) in [6.07, 6.45) is -4.03. The van der Waals surface area contributed by atoms with E-state index in [1.807, 2.05) is 24.5 Å². The Labute approximate surface area is 195 Å². The van der Waals surface area contributed by atoms with Crippen LogP contribution in [-0.2, 0) is 11.8 Å². The number of aromatic nitrogens is 1. The minimum Gasteiger partial charge on any atom is -0.496 e. The molecule has 0 spiro atoms. The van der Waals surface area contributed by atoms with E-state index in [4.69, 9.17) is 4.74 Å². The standard InChI is InChI=1S/C25H27F3N2O2S/c1-5-23(2,19-12-16(33-4)10-11-22(19)32-3)15-24(31,25(26,27)28)13-21-18(14-29)17-8-6-7-9-20(17)30-21/h6-12,30-31H,5,13,15H2,1-4H3. The number of nitriles is 1. The minimum atomic E-state index is -4.92. The molecule has 0 fully saturated rings. The Morgan fingerprint density at radius 3 is 2.45 bits per heavy atom. The van der Waals surface area contributed by atoms with Crippen LogP contribution in [0.2, 0.25) is 0 Å². The lowest BCUT2D eigenvalue weighted by molar-refractivity contribution is -0.267. The second-order valence-corrected chi connectivity index (χ2v) is 9.38. The maximum Gasteiger partial charge on any atom is 0.417 e. The van der Waals surface area contributed by atoms with Crippen LogP contribution >= 0.6 is 11.8 Å². The number of thioether (sulfide) groups is 1. The van der Waals surface area contributed by atoms with Crippen molar-refractivity contribution in [2.45, 2.75) is 55.2 Å². The lowest BCUT2D eigenvalue weighted by Gasteiger charge is -2.40. The van der Waals surface area contributed by atoms with Gasteiger partial charge in [0.2, 0.25) is 0 Å². The number of hydrogen-bond acceptors (Lipinski definition) is 4. The summed E-state index contributed by atoms with van der Waals surface area (Å²) in [7, 11) is 1.48. The number of aliphatic hydroxyl groups is 1. The van der Waals surface area contributed by atoms with Crippen LogP contribution in [0.5, 0.6) is 5.75 Å². The predicted molar refractivity (Wildman–Crippen MR) is 125 cm³/mol. The molecule has 8 heteroatoms. The summed E-state index contributed by atoms with van der Waals surface area (Å²) >= 11 is 1.48. The van der Waals surface area contributed by atoms with Gasteiger partial charge in [-0.1, -0.05) is 32.0 Å². The highest BCUT2D eigenvalue weighted by Crippen LogP contribution is 2.47. The van der Waals surface area contributed by atoms with Gasteiger partial charge in [0.15, 0.2) is 5.60 Å². The summed E-state index contributed by atoms with van der Waals surface area (Å²) in [6.45, 7) is 3.51. The molecule has 0 amide bonds. The highest BCUT2D eigenvalue weighted by atomic mass is 32.2. The van der Waals surface area contributed by atoms with Crippen LogP contribution in [0, 0.1) is 11.3 Å². The van der Waals surface area contributed by atoms with Crippen molar-refractivity contribution in [2.75, 3.05) is 13.4 Å². The van der Waals surface area contributed by atoms with E-state index in [1.165, 1.54) is 18.9 Å². The van der Waals surface area contributed by atoms with Gasteiger partial charge in [0.1, 0.15) is 11.8 Å². The topological polar surface area (TPSA) is 69.0 Å². The maximum absolute atomic E-state index is 14.4. The monoisotopic (exact) mass is 476 g/mol. The summed E-state index contributed by atoms with van der Waals surface area (Å²) in [6, 6.07) is 14.2. The Balaban J connectivity index is 2.11. The summed E-state index contributed by atoms with van der Waals surface area (Å²) in [4.78, 5) is 3.81. The fourth-order valence-electron chi connectivity index (χ4n) is 4.36. The van der Waals surface area contributed by atoms with E-state index in [2.05, 4.69) is 4.98 Å². The Morgan fingerprint density at radius 1 is 1.18 bits per heavy atom. The number of nitrogens with one attached hydrogen (secondary N) is 1. The maximum atomic E-state index is 14.4. The molecular formula is C25H27F3N2O2S. The third kappa shape index (κ3) is 4.71. The number of para-hydroxylation sites is 1. The number of ether oxygens (including phenoxy) is 1. The molecule has 0 saturated heterocycles. The van der Waals surface area contributed by atoms with Crippen LogP contribution in [-0.4, -0.2) is 35.2 Å². The van der Waals surface area contributed by atoms with E-state index in [0.29, 0.717) is 28.6 Å². The van der Waals surface area contributed by atoms with Gasteiger partial charge in [-0.05, 0) is 48.8 Å². The van der Waals surface area contributed by atoms with E-state index < -0.39 is 30.0 Å². The van der Waals surface area contributed by atoms with E-state index in [1.54, 1.807) is 44.2 Å². The number of hydrogen-bond donors (Lipinski definition) is 2. The Morgan fingerprint density at radius 2 is 1.88 bits per heavy atom. The smallest absolute Gasteiger partial charge is 0.417 e. The van der Waals surface area contributed by atoms with E-state index in [9.17, 15) is 23.5 Å². The Hall–Kier alpha value is -2.63. The quantitative estimate of drug-likeness (QED) is 0.371. The molecular weight excluding hydrogens is 449 g/mol. The molecule has 1 aromatic heterocycles. The Bertz CT molecular complexity index is 1180. The van der Waals surface area contributed by atoms with Gasteiger partial charge in [-0.2, -0.15) is 18.4 Å². The number of halogens is 3. The SMILES string of the molecule is CCC(C)(CC(O)(Cc1[nH]c2ccccc2c1C#N)C(F)(F)F)c1cc(SC)ccc1OC. The van der Waals surface area contributed by atoms with Crippen molar-refractivity contribution < 1.29 is 23.0 Å². The molecule has 1 heterocycles. The van der Waals surface area contributed by atoms with Gasteiger partial charge in [-0.25, -0.2) is 0 Å². The lowest BCUT2D eigenvalue weighted by Crippen LogP contribution is -2.51. The number of rotatable bonds is 8. The van der Waals surface area contributed by atoms with Crippen molar-refractivity contribution in [3.63, 3.8) is 0 Å². The first-order valence-corrected chi connectivity index (χ1v) is 11.8. The van der Waals surface area contributed by atoms with Crippen molar-refractivity contribution in [3.05, 3.63) is 59.3 Å². The highest BCUT2D eigenvalue weighted by Gasteiger charge is 2.57. The number of alkyl halides is 3. The number of aromatic amines is 1. The van der Waals surface area contributed by atoms with E-state index in [0.717, 1.165) is 4.90 Å². The molecule has 0 aliphatic carbocycles. The molecule has 3 rings (SSSR count). The van der Waals surface area contributed by atoms with Crippen molar-refractivity contribution in [1.29, 1.82) is 5.26 Å². The normalized spacial score (nSPS) is 15.6. The van der Waals surface area contributed by atoms with Gasteiger partial charge < -0.3 is 14.8 Å². The van der Waals surface area contributed by atoms with Crippen molar-refractivity contribution in [3.8, 4) is 11.8 Å². The first-order chi connectivity index (χ1) is 15.5. The molecule has 0 saturated carbocycles. The van der Waals surface area contributed by atoms with Crippen LogP contribution in [0.4, 0.5) is 13.2 Å². The summed E-state index contributed by atoms with van der Waals surface area (Å²) < 4.78 is 48.7. The molecule has 0 bridgehead atoms. The number of benzene rings is 2. The van der Waals surface area contributed by atoms with E-state index >= 15 is 0 Å². The first kappa shape index (κ1) is 25.0. The summed E-state index contributed by atoms with van der Waals surface area (Å²) in [5.41, 5.74) is -2.75. The predicted octanol–water partition coefficient (Wildman–Crippen LogP) is 6.36. The number of methoxy groups -OCH3 is 1. The van der Waals surface area contributed by atoms with Crippen LogP contribution in [0.25, 0.3) is 10.9 Å². The fraction of sp³-hybridized carbons (Fsp3) is 0.400. The average molecular weight is 477 g/mol. The Kier molecular flexibility index (Phi) is 7.06. The molecule has 0 aliphatic rings. The lowest BCUT2D eigenvalue weighted by atomic mass is 9.70. The van der Waals surface area contributed by atoms with Crippen molar-refractivity contribution >= 4 is 22.7 Å². The second kappa shape index (κ2) is 9.32. The molecule has 176 valence electrons. The highest BCUT2D eigenvalue weighted by molar-refractivity contribution is 7.98. The third-order valence-corrected chi connectivity index (χ3v) is 7.14. The molecule has 2 N–H and O–H groups in total. The van der Waals surface area contributed by atoms with Gasteiger partial charge in [-0.15, -0.1) is 11.8 Å². The molecule has 33 heavy (non-hydrogen) atoms. The fourth-order valence-corrected chi connectivity index (χ4v) is 4.80. The van der Waals surface area contributed by atoms with Gasteiger partial charge in [0.25, 0.3) is 0 Å². The van der Waals surface area contributed by atoms with Crippen LogP contribution in [0.3, 0.4) is 0 Å². The summed E-state index contributed by atoms with van der Waals surface area (Å²) in [5, 5.41) is 21.3. The number of H-pyrrole nitrogens is 1. The van der Waals surface area contributed by atoms with Crippen molar-refractivity contribution in [2.24, 2.45) is 0 Å². The molecule has 4 nitrogen and oxygen atoms in total. The average Bonchev–Trinajstić information content (AvgIpc) is 3.14. The van der Waals surface area contributed by atoms with Crippen LogP contribution in [0.15, 0.2) is 47.4 Å². The first-order valence-electron chi connectivity index (χ1n) is 10.5. The van der Waals surface area contributed by atoms with Gasteiger partial charge in [0, 0.05) is 33.5 Å². The number of nitrogens with zero attached hydrogens (tertiary/aromatic N) is 1. The second-order valence-electron chi connectivity index (χ2n) is 8.50.